The molecule has 2 atom stereocenters. The van der Waals surface area contributed by atoms with Crippen LogP contribution in [0.1, 0.15) is 32.8 Å². The zero-order valence-electron chi connectivity index (χ0n) is 13.7. The average Bonchev–Trinajstić information content (AvgIpc) is 2.99. The first kappa shape index (κ1) is 16.5. The molecule has 1 saturated heterocycles. The lowest BCUT2D eigenvalue weighted by Crippen LogP contribution is -2.53. The fourth-order valence-electron chi connectivity index (χ4n) is 2.87. The Balaban J connectivity index is 1.99. The molecule has 120 valence electrons. The quantitative estimate of drug-likeness (QED) is 0.790. The minimum absolute atomic E-state index is 0.273. The van der Waals surface area contributed by atoms with Gasteiger partial charge >= 0.3 is 0 Å². The van der Waals surface area contributed by atoms with Gasteiger partial charge in [0, 0.05) is 31.9 Å². The Morgan fingerprint density at radius 3 is 2.90 bits per heavy atom. The van der Waals surface area contributed by atoms with Gasteiger partial charge in [-0.05, 0) is 38.4 Å². The van der Waals surface area contributed by atoms with Crippen LogP contribution in [0, 0.1) is 0 Å². The van der Waals surface area contributed by atoms with Crippen LogP contribution in [0.15, 0.2) is 12.4 Å². The van der Waals surface area contributed by atoms with E-state index in [-0.39, 0.29) is 6.10 Å². The van der Waals surface area contributed by atoms with Gasteiger partial charge in [0.15, 0.2) is 0 Å². The Labute approximate surface area is 128 Å². The number of hydrogen-bond donors (Lipinski definition) is 1. The van der Waals surface area contributed by atoms with E-state index in [1.165, 1.54) is 5.56 Å². The molecule has 2 rings (SSSR count). The fourth-order valence-corrected chi connectivity index (χ4v) is 2.87. The average molecular weight is 294 g/mol. The van der Waals surface area contributed by atoms with Crippen molar-refractivity contribution < 1.29 is 4.74 Å². The Kier molecular flexibility index (Phi) is 6.67. The predicted octanol–water partition coefficient (Wildman–Crippen LogP) is 1.53. The lowest BCUT2D eigenvalue weighted by Gasteiger charge is -2.37. The van der Waals surface area contributed by atoms with E-state index >= 15 is 0 Å². The van der Waals surface area contributed by atoms with Crippen molar-refractivity contribution in [2.75, 3.05) is 32.8 Å². The first-order valence-corrected chi connectivity index (χ1v) is 8.35. The molecule has 0 radical (unpaired) electrons. The molecule has 0 saturated carbocycles. The summed E-state index contributed by atoms with van der Waals surface area (Å²) < 4.78 is 8.04. The highest BCUT2D eigenvalue weighted by Gasteiger charge is 2.27. The summed E-state index contributed by atoms with van der Waals surface area (Å²) in [6.07, 6.45) is 6.55. The van der Waals surface area contributed by atoms with Crippen molar-refractivity contribution in [2.45, 2.75) is 52.3 Å². The number of likely N-dealkylation sites (N-methyl/N-ethyl adjacent to an activating group) is 1. The molecule has 1 aliphatic heterocycles. The number of hydrogen-bond acceptors (Lipinski definition) is 4. The number of rotatable bonds is 8. The van der Waals surface area contributed by atoms with E-state index in [2.05, 4.69) is 42.3 Å². The highest BCUT2D eigenvalue weighted by Crippen LogP contribution is 2.13. The number of ether oxygens (including phenoxy) is 1. The topological polar surface area (TPSA) is 42.3 Å². The lowest BCUT2D eigenvalue weighted by atomic mass is 10.0. The summed E-state index contributed by atoms with van der Waals surface area (Å²) >= 11 is 0. The molecule has 0 aliphatic carbocycles. The van der Waals surface area contributed by atoms with Gasteiger partial charge < -0.3 is 10.1 Å². The van der Waals surface area contributed by atoms with Gasteiger partial charge in [0.25, 0.3) is 0 Å². The van der Waals surface area contributed by atoms with Gasteiger partial charge in [0.05, 0.1) is 18.9 Å². The summed E-state index contributed by atoms with van der Waals surface area (Å²) in [5.74, 6) is 0. The van der Waals surface area contributed by atoms with Crippen LogP contribution in [0.5, 0.6) is 0 Å². The van der Waals surface area contributed by atoms with Gasteiger partial charge in [-0.15, -0.1) is 0 Å². The van der Waals surface area contributed by atoms with E-state index < -0.39 is 0 Å². The van der Waals surface area contributed by atoms with Gasteiger partial charge in [-0.25, -0.2) is 0 Å². The zero-order chi connectivity index (χ0) is 15.1. The molecule has 1 aromatic heterocycles. The Hall–Kier alpha value is -0.910. The standard InChI is InChI=1S/C16H30N4O/c1-4-7-17-15(10-14-11-18-20(6-3)12-14)16-13-19(5-2)8-9-21-16/h11-12,15-17H,4-10,13H2,1-3H3. The molecular weight excluding hydrogens is 264 g/mol. The van der Waals surface area contributed by atoms with Gasteiger partial charge in [-0.1, -0.05) is 13.8 Å². The third kappa shape index (κ3) is 4.80. The van der Waals surface area contributed by atoms with Crippen LogP contribution >= 0.6 is 0 Å². The fraction of sp³-hybridized carbons (Fsp3) is 0.812. The van der Waals surface area contributed by atoms with Crippen LogP contribution in [0.4, 0.5) is 0 Å². The number of morpholine rings is 1. The molecule has 1 aromatic rings. The maximum atomic E-state index is 6.04. The summed E-state index contributed by atoms with van der Waals surface area (Å²) in [4.78, 5) is 2.48. The maximum Gasteiger partial charge on any atom is 0.0858 e. The van der Waals surface area contributed by atoms with Crippen molar-refractivity contribution >= 4 is 0 Å². The van der Waals surface area contributed by atoms with Crippen molar-refractivity contribution in [3.8, 4) is 0 Å². The Bertz CT molecular complexity index is 407. The number of aromatic nitrogens is 2. The molecule has 0 spiro atoms. The third-order valence-electron chi connectivity index (χ3n) is 4.20. The van der Waals surface area contributed by atoms with Crippen LogP contribution in [0.2, 0.25) is 0 Å². The molecule has 1 N–H and O–H groups in total. The lowest BCUT2D eigenvalue weighted by molar-refractivity contribution is -0.0447. The van der Waals surface area contributed by atoms with Crippen LogP contribution in [0.25, 0.3) is 0 Å². The van der Waals surface area contributed by atoms with Crippen LogP contribution < -0.4 is 5.32 Å². The van der Waals surface area contributed by atoms with Crippen molar-refractivity contribution in [1.82, 2.24) is 20.0 Å². The third-order valence-corrected chi connectivity index (χ3v) is 4.20. The summed E-state index contributed by atoms with van der Waals surface area (Å²) in [5.41, 5.74) is 1.29. The van der Waals surface area contributed by atoms with Gasteiger partial charge in [0.2, 0.25) is 0 Å². The SMILES string of the molecule is CCCNC(Cc1cnn(CC)c1)C1CN(CC)CCO1. The normalized spacial score (nSPS) is 21.6. The smallest absolute Gasteiger partial charge is 0.0858 e. The highest BCUT2D eigenvalue weighted by molar-refractivity contribution is 5.07. The molecule has 0 amide bonds. The summed E-state index contributed by atoms with van der Waals surface area (Å²) in [5, 5.41) is 8.05. The number of aryl methyl sites for hydroxylation is 1. The van der Waals surface area contributed by atoms with E-state index in [0.29, 0.717) is 6.04 Å². The molecule has 5 heteroatoms. The molecule has 2 heterocycles. The molecule has 0 bridgehead atoms. The molecule has 1 fully saturated rings. The molecule has 5 nitrogen and oxygen atoms in total. The van der Waals surface area contributed by atoms with Crippen molar-refractivity contribution in [2.24, 2.45) is 0 Å². The van der Waals surface area contributed by atoms with E-state index in [1.807, 2.05) is 10.9 Å². The Morgan fingerprint density at radius 1 is 1.38 bits per heavy atom. The summed E-state index contributed by atoms with van der Waals surface area (Å²) in [6.45, 7) is 12.6. The minimum Gasteiger partial charge on any atom is -0.374 e. The van der Waals surface area contributed by atoms with E-state index in [0.717, 1.165) is 52.2 Å². The second kappa shape index (κ2) is 8.51. The molecule has 2 unspecified atom stereocenters. The van der Waals surface area contributed by atoms with E-state index in [4.69, 9.17) is 4.74 Å². The van der Waals surface area contributed by atoms with Crippen molar-refractivity contribution in [3.05, 3.63) is 18.0 Å². The van der Waals surface area contributed by atoms with E-state index in [9.17, 15) is 0 Å². The monoisotopic (exact) mass is 294 g/mol. The number of nitrogens with one attached hydrogen (secondary N) is 1. The molecule has 21 heavy (non-hydrogen) atoms. The minimum atomic E-state index is 0.273. The second-order valence-electron chi connectivity index (χ2n) is 5.77. The number of nitrogens with zero attached hydrogens (tertiary/aromatic N) is 3. The molecule has 1 aliphatic rings. The predicted molar refractivity (Wildman–Crippen MR) is 85.5 cm³/mol. The van der Waals surface area contributed by atoms with E-state index in [1.54, 1.807) is 0 Å². The van der Waals surface area contributed by atoms with Crippen LogP contribution in [-0.4, -0.2) is 59.6 Å². The Morgan fingerprint density at radius 2 is 2.24 bits per heavy atom. The second-order valence-corrected chi connectivity index (χ2v) is 5.77. The van der Waals surface area contributed by atoms with Crippen molar-refractivity contribution in [3.63, 3.8) is 0 Å². The summed E-state index contributed by atoms with van der Waals surface area (Å²) in [6, 6.07) is 0.369. The van der Waals surface area contributed by atoms with Gasteiger partial charge in [-0.3, -0.25) is 9.58 Å². The van der Waals surface area contributed by atoms with Crippen LogP contribution in [-0.2, 0) is 17.7 Å². The highest BCUT2D eigenvalue weighted by atomic mass is 16.5. The first-order valence-electron chi connectivity index (χ1n) is 8.35. The van der Waals surface area contributed by atoms with Gasteiger partial charge in [-0.2, -0.15) is 5.10 Å². The maximum absolute atomic E-state index is 6.04. The summed E-state index contributed by atoms with van der Waals surface area (Å²) in [7, 11) is 0. The van der Waals surface area contributed by atoms with Gasteiger partial charge in [0.1, 0.15) is 0 Å². The van der Waals surface area contributed by atoms with Crippen LogP contribution in [0.3, 0.4) is 0 Å². The molecule has 0 aromatic carbocycles. The first-order chi connectivity index (χ1) is 10.3. The largest absolute Gasteiger partial charge is 0.374 e. The van der Waals surface area contributed by atoms with Crippen molar-refractivity contribution in [1.29, 1.82) is 0 Å². The zero-order valence-corrected chi connectivity index (χ0v) is 13.7. The molecular formula is C16H30N4O.